The van der Waals surface area contributed by atoms with Gasteiger partial charge in [-0.3, -0.25) is 9.52 Å². The third-order valence-electron chi connectivity index (χ3n) is 1.75. The van der Waals surface area contributed by atoms with Crippen LogP contribution in [0.3, 0.4) is 0 Å². The summed E-state index contributed by atoms with van der Waals surface area (Å²) in [4.78, 5) is 11.2. The number of hydrogen-bond acceptors (Lipinski definition) is 2. The fraction of sp³-hybridized carbons (Fsp3) is 0. The molecule has 0 fully saturated rings. The maximum absolute atomic E-state index is 11.2. The van der Waals surface area contributed by atoms with Gasteiger partial charge in [0.05, 0.1) is 5.57 Å². The van der Waals surface area contributed by atoms with Gasteiger partial charge in [-0.15, -0.1) is 0 Å². The largest absolute Gasteiger partial charge is 0.268 e. The maximum Gasteiger partial charge on any atom is 0.264 e. The quantitative estimate of drug-likeness (QED) is 0.717. The standard InChI is InChI=1S/C9H7NO2S/c11-9-8(6-13(12)10-9)7-4-2-1-3-5-7/h1-6H,(H,10,11). The molecule has 66 valence electrons. The van der Waals surface area contributed by atoms with Crippen LogP contribution >= 0.6 is 0 Å². The van der Waals surface area contributed by atoms with Gasteiger partial charge in [0, 0.05) is 5.41 Å². The van der Waals surface area contributed by atoms with Crippen LogP contribution in [0.15, 0.2) is 35.7 Å². The summed E-state index contributed by atoms with van der Waals surface area (Å²) < 4.78 is 13.2. The summed E-state index contributed by atoms with van der Waals surface area (Å²) in [5, 5.41) is 1.43. The summed E-state index contributed by atoms with van der Waals surface area (Å²) in [6.07, 6.45) is 0. The van der Waals surface area contributed by atoms with Crippen molar-refractivity contribution in [1.82, 2.24) is 4.72 Å². The summed E-state index contributed by atoms with van der Waals surface area (Å²) in [6, 6.07) is 9.17. The van der Waals surface area contributed by atoms with E-state index in [1.165, 1.54) is 5.41 Å². The van der Waals surface area contributed by atoms with E-state index in [0.717, 1.165) is 5.56 Å². The van der Waals surface area contributed by atoms with Gasteiger partial charge in [-0.25, -0.2) is 4.21 Å². The average molecular weight is 193 g/mol. The first kappa shape index (κ1) is 8.19. The van der Waals surface area contributed by atoms with E-state index in [-0.39, 0.29) is 5.91 Å². The lowest BCUT2D eigenvalue weighted by molar-refractivity contribution is -0.113. The molecule has 0 saturated carbocycles. The van der Waals surface area contributed by atoms with Crippen LogP contribution in [-0.4, -0.2) is 10.1 Å². The van der Waals surface area contributed by atoms with Crippen molar-refractivity contribution in [1.29, 1.82) is 0 Å². The number of carbonyl (C=O) groups excluding carboxylic acids is 1. The molecule has 4 heteroatoms. The molecule has 1 aromatic carbocycles. The molecule has 1 unspecified atom stereocenters. The Bertz CT molecular complexity index is 397. The number of amides is 1. The number of rotatable bonds is 1. The summed E-state index contributed by atoms with van der Waals surface area (Å²) >= 11 is 0. The average Bonchev–Trinajstić information content (AvgIpc) is 2.47. The molecule has 1 aliphatic heterocycles. The summed E-state index contributed by atoms with van der Waals surface area (Å²) in [6.45, 7) is 0. The van der Waals surface area contributed by atoms with Crippen molar-refractivity contribution in [3.05, 3.63) is 41.3 Å². The highest BCUT2D eigenvalue weighted by molar-refractivity contribution is 7.87. The Morgan fingerprint density at radius 1 is 1.15 bits per heavy atom. The summed E-state index contributed by atoms with van der Waals surface area (Å²) in [5.74, 6) is -0.274. The molecule has 1 aliphatic rings. The van der Waals surface area contributed by atoms with E-state index in [1.54, 1.807) is 0 Å². The van der Waals surface area contributed by atoms with E-state index in [4.69, 9.17) is 0 Å². The lowest BCUT2D eigenvalue weighted by atomic mass is 10.1. The minimum Gasteiger partial charge on any atom is -0.268 e. The van der Waals surface area contributed by atoms with Gasteiger partial charge < -0.3 is 0 Å². The number of nitrogens with one attached hydrogen (secondary N) is 1. The zero-order chi connectivity index (χ0) is 9.26. The van der Waals surface area contributed by atoms with E-state index in [0.29, 0.717) is 5.57 Å². The molecule has 0 radical (unpaired) electrons. The summed E-state index contributed by atoms with van der Waals surface area (Å²) in [5.41, 5.74) is 1.28. The van der Waals surface area contributed by atoms with Gasteiger partial charge in [-0.1, -0.05) is 30.3 Å². The van der Waals surface area contributed by atoms with E-state index in [9.17, 15) is 9.00 Å². The highest BCUT2D eigenvalue weighted by atomic mass is 32.2. The molecular weight excluding hydrogens is 186 g/mol. The van der Waals surface area contributed by atoms with Gasteiger partial charge in [-0.2, -0.15) is 0 Å². The predicted molar refractivity (Wildman–Crippen MR) is 50.7 cm³/mol. The Morgan fingerprint density at radius 3 is 2.38 bits per heavy atom. The zero-order valence-corrected chi connectivity index (χ0v) is 7.51. The molecule has 0 bridgehead atoms. The highest BCUT2D eigenvalue weighted by Crippen LogP contribution is 2.18. The van der Waals surface area contributed by atoms with Gasteiger partial charge in [-0.05, 0) is 5.56 Å². The molecule has 0 spiro atoms. The van der Waals surface area contributed by atoms with Crippen LogP contribution in [0.25, 0.3) is 5.57 Å². The second kappa shape index (κ2) is 3.14. The molecule has 2 rings (SSSR count). The van der Waals surface area contributed by atoms with Crippen molar-refractivity contribution in [2.24, 2.45) is 0 Å². The molecule has 3 nitrogen and oxygen atoms in total. The molecule has 0 saturated heterocycles. The first-order valence-corrected chi connectivity index (χ1v) is 4.97. The van der Waals surface area contributed by atoms with Crippen molar-refractivity contribution < 1.29 is 9.00 Å². The Hall–Kier alpha value is -1.42. The predicted octanol–water partition coefficient (Wildman–Crippen LogP) is 0.821. The lowest BCUT2D eigenvalue weighted by Gasteiger charge is -1.97. The van der Waals surface area contributed by atoms with Crippen LogP contribution in [0.4, 0.5) is 0 Å². The Balaban J connectivity index is 2.43. The summed E-state index contributed by atoms with van der Waals surface area (Å²) in [7, 11) is -1.35. The van der Waals surface area contributed by atoms with Crippen LogP contribution in [0.5, 0.6) is 0 Å². The molecule has 1 heterocycles. The molecular formula is C9H7NO2S. The second-order valence-electron chi connectivity index (χ2n) is 2.63. The fourth-order valence-electron chi connectivity index (χ4n) is 1.15. The topological polar surface area (TPSA) is 46.2 Å². The van der Waals surface area contributed by atoms with Gasteiger partial charge in [0.25, 0.3) is 5.91 Å². The van der Waals surface area contributed by atoms with E-state index in [1.807, 2.05) is 30.3 Å². The molecule has 1 N–H and O–H groups in total. The fourth-order valence-corrected chi connectivity index (χ4v) is 1.96. The van der Waals surface area contributed by atoms with E-state index < -0.39 is 11.0 Å². The third kappa shape index (κ3) is 1.53. The highest BCUT2D eigenvalue weighted by Gasteiger charge is 2.20. The van der Waals surface area contributed by atoms with Crippen molar-refractivity contribution in [2.75, 3.05) is 0 Å². The SMILES string of the molecule is O=C1NS(=O)C=C1c1ccccc1. The number of carbonyl (C=O) groups is 1. The zero-order valence-electron chi connectivity index (χ0n) is 6.69. The van der Waals surface area contributed by atoms with Crippen molar-refractivity contribution in [2.45, 2.75) is 0 Å². The van der Waals surface area contributed by atoms with Gasteiger partial charge >= 0.3 is 0 Å². The number of benzene rings is 1. The minimum absolute atomic E-state index is 0.274. The maximum atomic E-state index is 11.2. The molecule has 1 atom stereocenters. The monoisotopic (exact) mass is 193 g/mol. The first-order chi connectivity index (χ1) is 6.27. The second-order valence-corrected chi connectivity index (χ2v) is 3.66. The molecule has 1 aromatic rings. The van der Waals surface area contributed by atoms with E-state index >= 15 is 0 Å². The van der Waals surface area contributed by atoms with Crippen LogP contribution in [0, 0.1) is 0 Å². The van der Waals surface area contributed by atoms with Crippen molar-refractivity contribution >= 4 is 22.5 Å². The van der Waals surface area contributed by atoms with Crippen LogP contribution in [0.1, 0.15) is 5.56 Å². The third-order valence-corrected chi connectivity index (χ3v) is 2.58. The van der Waals surface area contributed by atoms with Gasteiger partial charge in [0.15, 0.2) is 0 Å². The first-order valence-electron chi connectivity index (χ1n) is 3.76. The molecule has 13 heavy (non-hydrogen) atoms. The van der Waals surface area contributed by atoms with Gasteiger partial charge in [0.2, 0.25) is 0 Å². The Kier molecular flexibility index (Phi) is 1.98. The Morgan fingerprint density at radius 2 is 1.85 bits per heavy atom. The van der Waals surface area contributed by atoms with Gasteiger partial charge in [0.1, 0.15) is 11.0 Å². The number of hydrogen-bond donors (Lipinski definition) is 1. The lowest BCUT2D eigenvalue weighted by Crippen LogP contribution is -2.17. The minimum atomic E-state index is -1.35. The molecule has 0 aromatic heterocycles. The smallest absolute Gasteiger partial charge is 0.264 e. The van der Waals surface area contributed by atoms with Crippen molar-refractivity contribution in [3.8, 4) is 0 Å². The van der Waals surface area contributed by atoms with Crippen LogP contribution in [0.2, 0.25) is 0 Å². The Labute approximate surface area is 78.1 Å². The van der Waals surface area contributed by atoms with Crippen LogP contribution < -0.4 is 4.72 Å². The van der Waals surface area contributed by atoms with Crippen molar-refractivity contribution in [3.63, 3.8) is 0 Å². The molecule has 1 amide bonds. The molecule has 0 aliphatic carbocycles. The normalized spacial score (nSPS) is 21.1. The van der Waals surface area contributed by atoms with Crippen LogP contribution in [-0.2, 0) is 15.8 Å². The van der Waals surface area contributed by atoms with E-state index in [2.05, 4.69) is 4.72 Å².